The molecule has 0 aliphatic heterocycles. The first-order valence-electron chi connectivity index (χ1n) is 8.82. The fourth-order valence-electron chi connectivity index (χ4n) is 2.52. The Labute approximate surface area is 184 Å². The first kappa shape index (κ1) is 22.8. The molecular formula is C19H15ClF4N4O2S. The molecule has 0 saturated heterocycles. The number of benzene rings is 2. The molecule has 0 spiro atoms. The Morgan fingerprint density at radius 2 is 2.00 bits per heavy atom. The zero-order valence-electron chi connectivity index (χ0n) is 15.9. The van der Waals surface area contributed by atoms with Crippen LogP contribution in [0.3, 0.4) is 0 Å². The minimum Gasteiger partial charge on any atom is -0.490 e. The third kappa shape index (κ3) is 5.42. The zero-order valence-corrected chi connectivity index (χ0v) is 17.5. The van der Waals surface area contributed by atoms with E-state index in [2.05, 4.69) is 15.3 Å². The maximum atomic E-state index is 13.9. The van der Waals surface area contributed by atoms with Gasteiger partial charge in [0.2, 0.25) is 4.77 Å². The number of hydrogen-bond donors (Lipinski definition) is 1. The molecule has 1 N–H and O–H groups in total. The third-order valence-corrected chi connectivity index (χ3v) is 4.55. The summed E-state index contributed by atoms with van der Waals surface area (Å²) in [6.07, 6.45) is -3.56. The number of rotatable bonds is 7. The second-order valence-corrected chi connectivity index (χ2v) is 6.83. The van der Waals surface area contributed by atoms with E-state index < -0.39 is 17.8 Å². The fraction of sp³-hybridized carbons (Fsp3) is 0.211. The van der Waals surface area contributed by atoms with Crippen molar-refractivity contribution in [3.8, 4) is 11.5 Å². The van der Waals surface area contributed by atoms with Crippen LogP contribution in [-0.4, -0.2) is 27.7 Å². The smallest absolute Gasteiger partial charge is 0.453 e. The summed E-state index contributed by atoms with van der Waals surface area (Å²) in [6.45, 7) is 1.90. The van der Waals surface area contributed by atoms with Gasteiger partial charge in [0.05, 0.1) is 17.8 Å². The molecular weight excluding hydrogens is 460 g/mol. The Morgan fingerprint density at radius 1 is 1.23 bits per heavy atom. The van der Waals surface area contributed by atoms with Gasteiger partial charge >= 0.3 is 6.18 Å². The maximum Gasteiger partial charge on any atom is 0.453 e. The van der Waals surface area contributed by atoms with Crippen LogP contribution < -0.4 is 9.47 Å². The molecule has 0 unspecified atom stereocenters. The Balaban J connectivity index is 1.85. The lowest BCUT2D eigenvalue weighted by Crippen LogP contribution is -2.12. The number of halogens is 5. The summed E-state index contributed by atoms with van der Waals surface area (Å²) in [4.78, 5) is 0. The van der Waals surface area contributed by atoms with Gasteiger partial charge in [-0.05, 0) is 55.0 Å². The molecule has 0 aliphatic carbocycles. The number of nitrogens with one attached hydrogen (secondary N) is 1. The van der Waals surface area contributed by atoms with Gasteiger partial charge in [-0.3, -0.25) is 0 Å². The van der Waals surface area contributed by atoms with Crippen LogP contribution in [0.1, 0.15) is 23.9 Å². The highest BCUT2D eigenvalue weighted by Gasteiger charge is 2.37. The van der Waals surface area contributed by atoms with Gasteiger partial charge in [-0.15, -0.1) is 5.10 Å². The first-order chi connectivity index (χ1) is 14.7. The van der Waals surface area contributed by atoms with Gasteiger partial charge in [0.1, 0.15) is 12.4 Å². The average Bonchev–Trinajstić information content (AvgIpc) is 3.08. The minimum atomic E-state index is -4.73. The van der Waals surface area contributed by atoms with E-state index in [0.29, 0.717) is 28.3 Å². The van der Waals surface area contributed by atoms with Crippen LogP contribution in [0.4, 0.5) is 17.6 Å². The molecule has 0 fully saturated rings. The third-order valence-electron chi connectivity index (χ3n) is 3.93. The molecule has 2 aromatic carbocycles. The Bertz CT molecular complexity index is 1140. The minimum absolute atomic E-state index is 0.141. The van der Waals surface area contributed by atoms with Crippen LogP contribution in [0.15, 0.2) is 41.5 Å². The second kappa shape index (κ2) is 9.48. The lowest BCUT2D eigenvalue weighted by molar-refractivity contribution is -0.147. The summed E-state index contributed by atoms with van der Waals surface area (Å²) in [5.41, 5.74) is 0.599. The molecule has 1 aromatic heterocycles. The second-order valence-electron chi connectivity index (χ2n) is 6.03. The topological polar surface area (TPSA) is 64.4 Å². The molecule has 6 nitrogen and oxygen atoms in total. The maximum absolute atomic E-state index is 13.9. The SMILES string of the molecule is CCOc1cc(C=Nn2c(C(F)(F)F)n[nH]c2=S)ccc1OCc1c(F)cccc1Cl. The van der Waals surface area contributed by atoms with Crippen LogP contribution >= 0.6 is 23.8 Å². The highest BCUT2D eigenvalue weighted by atomic mass is 35.5. The van der Waals surface area contributed by atoms with Crippen molar-refractivity contribution in [1.29, 1.82) is 0 Å². The zero-order chi connectivity index (χ0) is 22.6. The van der Waals surface area contributed by atoms with E-state index in [-0.39, 0.29) is 22.0 Å². The van der Waals surface area contributed by atoms with E-state index in [1.807, 2.05) is 0 Å². The van der Waals surface area contributed by atoms with Crippen molar-refractivity contribution >= 4 is 30.0 Å². The number of H-pyrrole nitrogens is 1. The number of ether oxygens (including phenoxy) is 2. The molecule has 0 bridgehead atoms. The van der Waals surface area contributed by atoms with Gasteiger partial charge in [-0.1, -0.05) is 17.7 Å². The van der Waals surface area contributed by atoms with Crippen molar-refractivity contribution in [1.82, 2.24) is 14.9 Å². The largest absolute Gasteiger partial charge is 0.490 e. The van der Waals surface area contributed by atoms with Gasteiger partial charge in [-0.2, -0.15) is 22.9 Å². The summed E-state index contributed by atoms with van der Waals surface area (Å²) in [5.74, 6) is -1.19. The summed E-state index contributed by atoms with van der Waals surface area (Å²) in [6, 6.07) is 8.88. The molecule has 0 amide bonds. The summed E-state index contributed by atoms with van der Waals surface area (Å²) in [5, 5.41) is 9.19. The predicted octanol–water partition coefficient (Wildman–Crippen LogP) is 5.61. The Kier molecular flexibility index (Phi) is 6.96. The monoisotopic (exact) mass is 474 g/mol. The number of hydrogen-bond acceptors (Lipinski definition) is 5. The molecule has 164 valence electrons. The lowest BCUT2D eigenvalue weighted by Gasteiger charge is -2.13. The van der Waals surface area contributed by atoms with Crippen LogP contribution in [-0.2, 0) is 12.8 Å². The van der Waals surface area contributed by atoms with Gasteiger partial charge in [0, 0.05) is 5.56 Å². The van der Waals surface area contributed by atoms with Gasteiger partial charge in [0.15, 0.2) is 11.5 Å². The quantitative estimate of drug-likeness (QED) is 0.274. The van der Waals surface area contributed by atoms with Crippen LogP contribution in [0, 0.1) is 10.6 Å². The highest BCUT2D eigenvalue weighted by molar-refractivity contribution is 7.71. The highest BCUT2D eigenvalue weighted by Crippen LogP contribution is 2.31. The van der Waals surface area contributed by atoms with E-state index in [9.17, 15) is 17.6 Å². The number of nitrogens with zero attached hydrogens (tertiary/aromatic N) is 3. The van der Waals surface area contributed by atoms with E-state index in [4.69, 9.17) is 33.3 Å². The normalized spacial score (nSPS) is 11.8. The number of aromatic amines is 1. The van der Waals surface area contributed by atoms with Crippen molar-refractivity contribution < 1.29 is 27.0 Å². The standard InChI is InChI=1S/C19H15ClF4N4O2S/c1-2-29-16-8-11(9-25-28-17(19(22,23)24)26-27-18(28)31)6-7-15(16)30-10-12-13(20)4-3-5-14(12)21/h3-9H,2,10H2,1H3,(H,27,31). The molecule has 0 radical (unpaired) electrons. The molecule has 1 heterocycles. The first-order valence-corrected chi connectivity index (χ1v) is 9.60. The molecule has 0 saturated carbocycles. The Hall–Kier alpha value is -2.92. The predicted molar refractivity (Wildman–Crippen MR) is 109 cm³/mol. The van der Waals surface area contributed by atoms with Crippen LogP contribution in [0.2, 0.25) is 5.02 Å². The van der Waals surface area contributed by atoms with Crippen molar-refractivity contribution in [2.75, 3.05) is 6.61 Å². The molecule has 3 rings (SSSR count). The summed E-state index contributed by atoms with van der Waals surface area (Å²) >= 11 is 10.8. The summed E-state index contributed by atoms with van der Waals surface area (Å²) < 4.78 is 64.2. The van der Waals surface area contributed by atoms with Crippen molar-refractivity contribution in [3.05, 3.63) is 69.0 Å². The van der Waals surface area contributed by atoms with E-state index >= 15 is 0 Å². The van der Waals surface area contributed by atoms with E-state index in [1.165, 1.54) is 30.5 Å². The van der Waals surface area contributed by atoms with Gasteiger partial charge in [-0.25, -0.2) is 9.49 Å². The van der Waals surface area contributed by atoms with E-state index in [0.717, 1.165) is 0 Å². The molecule has 12 heteroatoms. The number of aromatic nitrogens is 3. The van der Waals surface area contributed by atoms with E-state index in [1.54, 1.807) is 19.1 Å². The van der Waals surface area contributed by atoms with Crippen LogP contribution in [0.25, 0.3) is 0 Å². The Morgan fingerprint density at radius 3 is 2.68 bits per heavy atom. The average molecular weight is 475 g/mol. The lowest BCUT2D eigenvalue weighted by atomic mass is 10.2. The van der Waals surface area contributed by atoms with Gasteiger partial charge in [0.25, 0.3) is 5.82 Å². The molecule has 0 atom stereocenters. The van der Waals surface area contributed by atoms with Crippen LogP contribution in [0.5, 0.6) is 11.5 Å². The molecule has 0 aliphatic rings. The summed E-state index contributed by atoms with van der Waals surface area (Å²) in [7, 11) is 0. The van der Waals surface area contributed by atoms with Crippen molar-refractivity contribution in [2.24, 2.45) is 5.10 Å². The molecule has 3 aromatic rings. The van der Waals surface area contributed by atoms with Crippen molar-refractivity contribution in [2.45, 2.75) is 19.7 Å². The van der Waals surface area contributed by atoms with Gasteiger partial charge < -0.3 is 9.47 Å². The number of alkyl halides is 3. The van der Waals surface area contributed by atoms with Crippen molar-refractivity contribution in [3.63, 3.8) is 0 Å². The molecule has 31 heavy (non-hydrogen) atoms. The fourth-order valence-corrected chi connectivity index (χ4v) is 2.92.